The topological polar surface area (TPSA) is 72.5 Å². The molecule has 0 aromatic rings. The molecule has 1 atom stereocenters. The van der Waals surface area contributed by atoms with Crippen LogP contribution in [-0.2, 0) is 9.09 Å². The van der Waals surface area contributed by atoms with Gasteiger partial charge < -0.3 is 4.89 Å². The molecule has 0 radical (unpaired) electrons. The molecule has 1 unspecified atom stereocenters. The summed E-state index contributed by atoms with van der Waals surface area (Å²) in [5.74, 6) is 0. The van der Waals surface area contributed by atoms with E-state index in [1.807, 2.05) is 20.8 Å². The van der Waals surface area contributed by atoms with Crippen LogP contribution >= 0.6 is 39.6 Å². The van der Waals surface area contributed by atoms with Gasteiger partial charge in [-0.3, -0.25) is 4.52 Å². The summed E-state index contributed by atoms with van der Waals surface area (Å²) < 4.78 is 14.3. The molecule has 0 fully saturated rings. The van der Waals surface area contributed by atoms with Gasteiger partial charge in [-0.1, -0.05) is 20.8 Å². The quantitative estimate of drug-likeness (QED) is 0.605. The molecular weight excluding hydrogens is 313 g/mol. The van der Waals surface area contributed by atoms with Crippen LogP contribution < -0.4 is 5.50 Å². The molecule has 0 aliphatic heterocycles. The number of rotatable bonds is 2. The van der Waals surface area contributed by atoms with Gasteiger partial charge in [-0.25, -0.2) is 10.1 Å². The van der Waals surface area contributed by atoms with E-state index in [0.717, 1.165) is 0 Å². The molecule has 0 rings (SSSR count). The summed E-state index contributed by atoms with van der Waals surface area (Å²) in [7, 11) is -3.98. The first kappa shape index (κ1) is 13.1. The molecule has 0 spiro atoms. The second-order valence-electron chi connectivity index (χ2n) is 3.42. The number of alkyl halides is 2. The largest absolute Gasteiger partial charge is 0.402 e. The maximum atomic E-state index is 10.7. The molecule has 0 amide bonds. The van der Waals surface area contributed by atoms with Crippen LogP contribution in [0.15, 0.2) is 0 Å². The Morgan fingerprint density at radius 2 is 1.75 bits per heavy atom. The first-order valence-corrected chi connectivity index (χ1v) is 6.39. The number of hydrogen-bond acceptors (Lipinski definition) is 2. The standard InChI is InChI=1S/C5H12Br2NO3P/c1-4(2,3)5(6,7)11-12(8,9)10/h1-3H3,(H3,8,9,10). The predicted molar refractivity (Wildman–Crippen MR) is 55.1 cm³/mol. The van der Waals surface area contributed by atoms with Gasteiger partial charge in [0, 0.05) is 5.41 Å². The van der Waals surface area contributed by atoms with Gasteiger partial charge in [0.05, 0.1) is 0 Å². The number of halogens is 2. The molecular formula is C5H12Br2NO3P. The highest BCUT2D eigenvalue weighted by Gasteiger charge is 2.42. The molecule has 0 bridgehead atoms. The summed E-state index contributed by atoms with van der Waals surface area (Å²) in [5, 5.41) is 0. The highest BCUT2D eigenvalue weighted by atomic mass is 79.9. The molecule has 12 heavy (non-hydrogen) atoms. The molecule has 0 aromatic heterocycles. The summed E-state index contributed by atoms with van der Waals surface area (Å²) in [6, 6.07) is 0. The highest BCUT2D eigenvalue weighted by molar-refractivity contribution is 9.25. The van der Waals surface area contributed by atoms with E-state index in [9.17, 15) is 4.57 Å². The first-order valence-electron chi connectivity index (χ1n) is 3.16. The van der Waals surface area contributed by atoms with Crippen LogP contribution in [0.2, 0.25) is 0 Å². The van der Waals surface area contributed by atoms with Crippen LogP contribution in [0.5, 0.6) is 0 Å². The van der Waals surface area contributed by atoms with Crippen LogP contribution in [0, 0.1) is 5.41 Å². The van der Waals surface area contributed by atoms with Gasteiger partial charge in [-0.15, -0.1) is 0 Å². The van der Waals surface area contributed by atoms with Crippen molar-refractivity contribution in [1.82, 2.24) is 0 Å². The smallest absolute Gasteiger partial charge is 0.313 e. The minimum absolute atomic E-state index is 0.398. The average Bonchev–Trinajstić information content (AvgIpc) is 1.52. The van der Waals surface area contributed by atoms with Crippen molar-refractivity contribution in [1.29, 1.82) is 0 Å². The van der Waals surface area contributed by atoms with Crippen molar-refractivity contribution in [2.24, 2.45) is 10.9 Å². The monoisotopic (exact) mass is 323 g/mol. The van der Waals surface area contributed by atoms with Gasteiger partial charge >= 0.3 is 7.75 Å². The van der Waals surface area contributed by atoms with Crippen molar-refractivity contribution < 1.29 is 14.0 Å². The Balaban J connectivity index is 4.56. The minimum atomic E-state index is -3.98. The normalized spacial score (nSPS) is 18.9. The third kappa shape index (κ3) is 4.35. The third-order valence-corrected chi connectivity index (χ3v) is 4.86. The molecule has 0 saturated heterocycles. The summed E-state index contributed by atoms with van der Waals surface area (Å²) in [5.41, 5.74) is 4.45. The average molecular weight is 325 g/mol. The van der Waals surface area contributed by atoms with Crippen molar-refractivity contribution in [3.63, 3.8) is 0 Å². The van der Waals surface area contributed by atoms with Crippen LogP contribution in [0.3, 0.4) is 0 Å². The van der Waals surface area contributed by atoms with Gasteiger partial charge in [-0.2, -0.15) is 0 Å². The van der Waals surface area contributed by atoms with E-state index in [2.05, 4.69) is 31.9 Å². The van der Waals surface area contributed by atoms with Gasteiger partial charge in [0.15, 0.2) is 3.42 Å². The van der Waals surface area contributed by atoms with Crippen LogP contribution in [0.25, 0.3) is 0 Å². The Hall–Kier alpha value is 1.07. The second-order valence-corrected chi connectivity index (χ2v) is 8.03. The van der Waals surface area contributed by atoms with Crippen molar-refractivity contribution in [2.45, 2.75) is 24.2 Å². The Bertz CT molecular complexity index is 207. The summed E-state index contributed by atoms with van der Waals surface area (Å²) >= 11 is 6.24. The molecule has 3 N–H and O–H groups in total. The van der Waals surface area contributed by atoms with E-state index in [4.69, 9.17) is 14.9 Å². The van der Waals surface area contributed by atoms with Crippen LogP contribution in [-0.4, -0.2) is 8.31 Å². The van der Waals surface area contributed by atoms with E-state index in [0.29, 0.717) is 0 Å². The van der Waals surface area contributed by atoms with Crippen LogP contribution in [0.4, 0.5) is 0 Å². The fraction of sp³-hybridized carbons (Fsp3) is 1.00. The molecule has 0 aromatic carbocycles. The van der Waals surface area contributed by atoms with Gasteiger partial charge in [0.25, 0.3) is 0 Å². The third-order valence-electron chi connectivity index (χ3n) is 1.12. The SMILES string of the molecule is CC(C)(C)C(Br)(Br)OP(N)(=O)O. The van der Waals surface area contributed by atoms with Gasteiger partial charge in [-0.05, 0) is 31.9 Å². The lowest BCUT2D eigenvalue weighted by molar-refractivity contribution is 0.129. The van der Waals surface area contributed by atoms with E-state index < -0.39 is 16.6 Å². The molecule has 7 heteroatoms. The lowest BCUT2D eigenvalue weighted by Gasteiger charge is -2.34. The van der Waals surface area contributed by atoms with E-state index in [1.54, 1.807) is 0 Å². The van der Waals surface area contributed by atoms with Crippen molar-refractivity contribution in [2.75, 3.05) is 0 Å². The maximum absolute atomic E-state index is 10.7. The molecule has 0 heterocycles. The lowest BCUT2D eigenvalue weighted by atomic mass is 9.99. The summed E-state index contributed by atoms with van der Waals surface area (Å²) in [6.45, 7) is 5.48. The maximum Gasteiger partial charge on any atom is 0.402 e. The van der Waals surface area contributed by atoms with Gasteiger partial charge in [0.2, 0.25) is 0 Å². The zero-order chi connectivity index (χ0) is 10.2. The van der Waals surface area contributed by atoms with Crippen molar-refractivity contribution in [3.05, 3.63) is 0 Å². The Labute approximate surface area is 88.7 Å². The Morgan fingerprint density at radius 1 is 1.42 bits per heavy atom. The molecule has 4 nitrogen and oxygen atoms in total. The zero-order valence-corrected chi connectivity index (χ0v) is 11.1. The minimum Gasteiger partial charge on any atom is -0.313 e. The van der Waals surface area contributed by atoms with Crippen LogP contribution in [0.1, 0.15) is 20.8 Å². The molecule has 74 valence electrons. The highest BCUT2D eigenvalue weighted by Crippen LogP contribution is 2.52. The number of nitrogens with two attached hydrogens (primary N) is 1. The fourth-order valence-electron chi connectivity index (χ4n) is 0.301. The molecule has 0 saturated carbocycles. The lowest BCUT2D eigenvalue weighted by Crippen LogP contribution is -2.33. The van der Waals surface area contributed by atoms with E-state index >= 15 is 0 Å². The van der Waals surface area contributed by atoms with Crippen molar-refractivity contribution in [3.8, 4) is 0 Å². The number of hydrogen-bond donors (Lipinski definition) is 2. The second kappa shape index (κ2) is 3.67. The molecule has 0 aliphatic carbocycles. The zero-order valence-electron chi connectivity index (χ0n) is 7.04. The Morgan fingerprint density at radius 3 is 1.83 bits per heavy atom. The van der Waals surface area contributed by atoms with E-state index in [1.165, 1.54) is 0 Å². The predicted octanol–water partition coefficient (Wildman–Crippen LogP) is 2.55. The summed E-state index contributed by atoms with van der Waals surface area (Å²) in [4.78, 5) is 8.77. The van der Waals surface area contributed by atoms with Crippen molar-refractivity contribution >= 4 is 39.6 Å². The summed E-state index contributed by atoms with van der Waals surface area (Å²) in [6.07, 6.45) is 0. The first-order chi connectivity index (χ1) is 4.96. The van der Waals surface area contributed by atoms with Gasteiger partial charge in [0.1, 0.15) is 0 Å². The molecule has 0 aliphatic rings. The Kier molecular flexibility index (Phi) is 4.00. The van der Waals surface area contributed by atoms with E-state index in [-0.39, 0.29) is 0 Å². The fourth-order valence-corrected chi connectivity index (χ4v) is 2.15.